The topological polar surface area (TPSA) is 63.6 Å². The minimum atomic E-state index is 0.773. The average Bonchev–Trinajstić information content (AvgIpc) is 2.85. The highest BCUT2D eigenvalue weighted by Crippen LogP contribution is 2.23. The molecule has 0 atom stereocenters. The second-order valence-corrected chi connectivity index (χ2v) is 5.24. The van der Waals surface area contributed by atoms with Crippen molar-refractivity contribution in [3.63, 3.8) is 0 Å². The molecule has 0 aromatic carbocycles. The lowest BCUT2D eigenvalue weighted by Crippen LogP contribution is -1.95. The lowest BCUT2D eigenvalue weighted by Gasteiger charge is -2.00. The summed E-state index contributed by atoms with van der Waals surface area (Å²) in [7, 11) is 1.83. The van der Waals surface area contributed by atoms with Crippen LogP contribution in [0.3, 0.4) is 0 Å². The van der Waals surface area contributed by atoms with E-state index in [0.29, 0.717) is 0 Å². The molecule has 1 N–H and O–H groups in total. The number of hydrogen-bond donors (Lipinski definition) is 1. The molecule has 0 aliphatic carbocycles. The smallest absolute Gasteiger partial charge is 0.170 e. The number of aryl methyl sites for hydroxylation is 1. The quantitative estimate of drug-likeness (QED) is 0.838. The Balaban J connectivity index is 1.92. The van der Waals surface area contributed by atoms with Gasteiger partial charge in [-0.3, -0.25) is 4.98 Å². The number of hydrogen-bond acceptors (Lipinski definition) is 7. The van der Waals surface area contributed by atoms with Crippen molar-refractivity contribution in [1.29, 1.82) is 0 Å². The van der Waals surface area contributed by atoms with Crippen molar-refractivity contribution >= 4 is 29.1 Å². The Morgan fingerprint density at radius 3 is 2.82 bits per heavy atom. The lowest BCUT2D eigenvalue weighted by atomic mass is 10.5. The number of aromatic nitrogens is 4. The highest BCUT2D eigenvalue weighted by atomic mass is 32.2. The maximum atomic E-state index is 4.39. The summed E-state index contributed by atoms with van der Waals surface area (Å²) in [5, 5.41) is 2.94. The van der Waals surface area contributed by atoms with Crippen LogP contribution in [0, 0.1) is 0 Å². The lowest BCUT2D eigenvalue weighted by molar-refractivity contribution is 0.971. The van der Waals surface area contributed by atoms with Crippen molar-refractivity contribution in [2.24, 2.45) is 0 Å². The van der Waals surface area contributed by atoms with Gasteiger partial charge in [-0.2, -0.15) is 4.37 Å². The summed E-state index contributed by atoms with van der Waals surface area (Å²) in [5.74, 6) is 2.46. The Bertz CT molecular complexity index is 468. The molecule has 5 nitrogen and oxygen atoms in total. The van der Waals surface area contributed by atoms with Gasteiger partial charge in [0.05, 0.1) is 18.1 Å². The van der Waals surface area contributed by atoms with Gasteiger partial charge in [-0.05, 0) is 11.5 Å². The fraction of sp³-hybridized carbons (Fsp3) is 0.400. The third kappa shape index (κ3) is 3.37. The van der Waals surface area contributed by atoms with Gasteiger partial charge < -0.3 is 5.32 Å². The van der Waals surface area contributed by atoms with E-state index in [9.17, 15) is 0 Å². The van der Waals surface area contributed by atoms with Crippen LogP contribution in [-0.2, 0) is 12.2 Å². The molecule has 2 rings (SSSR count). The van der Waals surface area contributed by atoms with Gasteiger partial charge in [0.2, 0.25) is 0 Å². The largest absolute Gasteiger partial charge is 0.372 e. The van der Waals surface area contributed by atoms with Crippen LogP contribution < -0.4 is 5.32 Å². The minimum absolute atomic E-state index is 0.773. The maximum absolute atomic E-state index is 4.39. The molecule has 0 unspecified atom stereocenters. The average molecular weight is 267 g/mol. The van der Waals surface area contributed by atoms with E-state index in [1.165, 1.54) is 11.5 Å². The third-order valence-electron chi connectivity index (χ3n) is 2.07. The predicted octanol–water partition coefficient (Wildman–Crippen LogP) is 2.22. The summed E-state index contributed by atoms with van der Waals surface area (Å²) in [6.45, 7) is 2.05. The second kappa shape index (κ2) is 5.92. The molecule has 7 heteroatoms. The summed E-state index contributed by atoms with van der Waals surface area (Å²) >= 11 is 3.09. The predicted molar refractivity (Wildman–Crippen MR) is 70.4 cm³/mol. The van der Waals surface area contributed by atoms with Crippen molar-refractivity contribution in [1.82, 2.24) is 19.3 Å². The van der Waals surface area contributed by atoms with E-state index in [2.05, 4.69) is 31.6 Å². The monoisotopic (exact) mass is 267 g/mol. The van der Waals surface area contributed by atoms with Gasteiger partial charge in [0.1, 0.15) is 11.6 Å². The first-order valence-corrected chi connectivity index (χ1v) is 7.01. The van der Waals surface area contributed by atoms with Crippen molar-refractivity contribution in [3.8, 4) is 0 Å². The number of nitrogens with one attached hydrogen (secondary N) is 1. The summed E-state index contributed by atoms with van der Waals surface area (Å²) < 4.78 is 5.23. The van der Waals surface area contributed by atoms with Gasteiger partial charge in [-0.25, -0.2) is 9.97 Å². The Labute approximate surface area is 108 Å². The van der Waals surface area contributed by atoms with Gasteiger partial charge in [0.15, 0.2) is 4.34 Å². The molecule has 0 fully saturated rings. The van der Waals surface area contributed by atoms with Crippen LogP contribution in [0.4, 0.5) is 5.82 Å². The van der Waals surface area contributed by atoms with Crippen molar-refractivity contribution in [2.75, 3.05) is 12.4 Å². The number of rotatable bonds is 5. The van der Waals surface area contributed by atoms with E-state index < -0.39 is 0 Å². The van der Waals surface area contributed by atoms with Crippen LogP contribution in [0.1, 0.15) is 18.4 Å². The van der Waals surface area contributed by atoms with Gasteiger partial charge in [-0.15, -0.1) is 0 Å². The molecule has 0 aliphatic rings. The first kappa shape index (κ1) is 12.3. The fourth-order valence-electron chi connectivity index (χ4n) is 1.13. The fourth-order valence-corrected chi connectivity index (χ4v) is 2.72. The van der Waals surface area contributed by atoms with E-state index in [-0.39, 0.29) is 0 Å². The molecule has 0 aliphatic heterocycles. The van der Waals surface area contributed by atoms with Crippen LogP contribution in [0.25, 0.3) is 0 Å². The SMILES string of the molecule is CCc1nsc(SCc2cnc(NC)cn2)n1. The summed E-state index contributed by atoms with van der Waals surface area (Å²) in [6, 6.07) is 0. The van der Waals surface area contributed by atoms with Crippen molar-refractivity contribution in [2.45, 2.75) is 23.4 Å². The highest BCUT2D eigenvalue weighted by Gasteiger charge is 2.04. The molecule has 90 valence electrons. The molecule has 0 radical (unpaired) electrons. The zero-order valence-corrected chi connectivity index (χ0v) is 11.3. The molecule has 0 bridgehead atoms. The number of anilines is 1. The van der Waals surface area contributed by atoms with E-state index in [4.69, 9.17) is 0 Å². The van der Waals surface area contributed by atoms with Gasteiger partial charge >= 0.3 is 0 Å². The van der Waals surface area contributed by atoms with Crippen LogP contribution >= 0.6 is 23.3 Å². The first-order valence-electron chi connectivity index (χ1n) is 5.26. The maximum Gasteiger partial charge on any atom is 0.170 e. The van der Waals surface area contributed by atoms with E-state index >= 15 is 0 Å². The van der Waals surface area contributed by atoms with Crippen molar-refractivity contribution in [3.05, 3.63) is 23.9 Å². The molecule has 0 saturated carbocycles. The molecule has 17 heavy (non-hydrogen) atoms. The molecule has 2 aromatic rings. The summed E-state index contributed by atoms with van der Waals surface area (Å²) in [5.41, 5.74) is 0.947. The van der Waals surface area contributed by atoms with Crippen molar-refractivity contribution < 1.29 is 0 Å². The Kier molecular flexibility index (Phi) is 4.27. The van der Waals surface area contributed by atoms with E-state index in [0.717, 1.165) is 33.8 Å². The Morgan fingerprint density at radius 2 is 2.24 bits per heavy atom. The number of nitrogens with zero attached hydrogens (tertiary/aromatic N) is 4. The molecular formula is C10H13N5S2. The zero-order chi connectivity index (χ0) is 12.1. The highest BCUT2D eigenvalue weighted by molar-refractivity contribution is 8.00. The van der Waals surface area contributed by atoms with E-state index in [1.807, 2.05) is 7.05 Å². The first-order chi connectivity index (χ1) is 8.31. The molecule has 0 saturated heterocycles. The van der Waals surface area contributed by atoms with Gasteiger partial charge in [0, 0.05) is 19.2 Å². The van der Waals surface area contributed by atoms with Crippen LogP contribution in [0.5, 0.6) is 0 Å². The van der Waals surface area contributed by atoms with Crippen LogP contribution in [-0.4, -0.2) is 26.4 Å². The number of thioether (sulfide) groups is 1. The standard InChI is InChI=1S/C10H13N5S2/c1-3-8-14-10(17-15-8)16-6-7-4-13-9(11-2)5-12-7/h4-5H,3,6H2,1-2H3,(H,11,13). The second-order valence-electron chi connectivity index (χ2n) is 3.26. The Hall–Kier alpha value is -1.21. The van der Waals surface area contributed by atoms with E-state index in [1.54, 1.807) is 24.2 Å². The summed E-state index contributed by atoms with van der Waals surface area (Å²) in [6.07, 6.45) is 4.39. The molecular weight excluding hydrogens is 254 g/mol. The molecule has 2 aromatic heterocycles. The summed E-state index contributed by atoms with van der Waals surface area (Å²) in [4.78, 5) is 12.9. The zero-order valence-electron chi connectivity index (χ0n) is 9.67. The van der Waals surface area contributed by atoms with Crippen LogP contribution in [0.2, 0.25) is 0 Å². The molecule has 0 spiro atoms. The van der Waals surface area contributed by atoms with Gasteiger partial charge in [-0.1, -0.05) is 18.7 Å². The normalized spacial score (nSPS) is 10.5. The molecule has 0 amide bonds. The third-order valence-corrected chi connectivity index (χ3v) is 3.98. The molecule has 2 heterocycles. The van der Waals surface area contributed by atoms with Crippen LogP contribution in [0.15, 0.2) is 16.7 Å². The van der Waals surface area contributed by atoms with Gasteiger partial charge in [0.25, 0.3) is 0 Å². The minimum Gasteiger partial charge on any atom is -0.372 e. The Morgan fingerprint density at radius 1 is 1.35 bits per heavy atom.